The van der Waals surface area contributed by atoms with Crippen molar-refractivity contribution < 1.29 is 13.2 Å². The van der Waals surface area contributed by atoms with Crippen molar-refractivity contribution in [3.63, 3.8) is 0 Å². The topological polar surface area (TPSA) is 66.5 Å². The maximum Gasteiger partial charge on any atom is 0.251 e. The molecule has 2 aromatic rings. The first kappa shape index (κ1) is 20.6. The first-order valence-corrected chi connectivity index (χ1v) is 11.2. The van der Waals surface area contributed by atoms with Crippen LogP contribution in [0.1, 0.15) is 59.5 Å². The molecular formula is C22H28N2O3S. The van der Waals surface area contributed by atoms with Gasteiger partial charge in [-0.25, -0.2) is 12.7 Å². The number of carbonyl (C=O) groups is 1. The van der Waals surface area contributed by atoms with Crippen LogP contribution in [0, 0.1) is 0 Å². The molecule has 1 aliphatic carbocycles. The number of sulfonamides is 1. The predicted octanol–water partition coefficient (Wildman–Crippen LogP) is 3.91. The van der Waals surface area contributed by atoms with Crippen molar-refractivity contribution >= 4 is 15.9 Å². The third-order valence-electron chi connectivity index (χ3n) is 5.42. The summed E-state index contributed by atoms with van der Waals surface area (Å²) in [5.74, 6) is 0.404. The molecule has 1 saturated carbocycles. The molecule has 3 rings (SSSR count). The van der Waals surface area contributed by atoms with Crippen LogP contribution in [0.25, 0.3) is 0 Å². The molecule has 0 aliphatic heterocycles. The van der Waals surface area contributed by atoms with Crippen LogP contribution in [0.2, 0.25) is 0 Å². The molecule has 0 aromatic heterocycles. The van der Waals surface area contributed by atoms with Crippen molar-refractivity contribution in [2.75, 3.05) is 14.1 Å². The molecule has 28 heavy (non-hydrogen) atoms. The summed E-state index contributed by atoms with van der Waals surface area (Å²) in [5, 5.41) is 2.84. The summed E-state index contributed by atoms with van der Waals surface area (Å²) in [7, 11) is -0.559. The van der Waals surface area contributed by atoms with E-state index in [0.29, 0.717) is 17.0 Å². The van der Waals surface area contributed by atoms with Gasteiger partial charge in [0.25, 0.3) is 5.91 Å². The Morgan fingerprint density at radius 3 is 2.29 bits per heavy atom. The summed E-state index contributed by atoms with van der Waals surface area (Å²) in [6, 6.07) is 14.6. The largest absolute Gasteiger partial charge is 0.348 e. The molecule has 0 unspecified atom stereocenters. The van der Waals surface area contributed by atoms with Crippen molar-refractivity contribution in [2.45, 2.75) is 49.5 Å². The lowest BCUT2D eigenvalue weighted by molar-refractivity contribution is 0.0950. The van der Waals surface area contributed by atoms with Crippen LogP contribution in [0.5, 0.6) is 0 Å². The highest BCUT2D eigenvalue weighted by Gasteiger charge is 2.21. The number of amides is 1. The molecule has 0 saturated heterocycles. The highest BCUT2D eigenvalue weighted by molar-refractivity contribution is 7.89. The summed E-state index contributed by atoms with van der Waals surface area (Å²) < 4.78 is 26.1. The lowest BCUT2D eigenvalue weighted by Gasteiger charge is -2.22. The summed E-state index contributed by atoms with van der Waals surface area (Å²) in [5.41, 5.74) is 2.47. The number of hydrogen-bond acceptors (Lipinski definition) is 3. The third-order valence-corrected chi connectivity index (χ3v) is 7.34. The average molecular weight is 401 g/mol. The molecule has 1 aliphatic rings. The van der Waals surface area contributed by atoms with Crippen molar-refractivity contribution in [1.82, 2.24) is 9.62 Å². The van der Waals surface area contributed by atoms with E-state index in [1.165, 1.54) is 56.1 Å². The number of hydrogen-bond donors (Lipinski definition) is 1. The molecule has 5 nitrogen and oxygen atoms in total. The van der Waals surface area contributed by atoms with Crippen molar-refractivity contribution in [3.8, 4) is 0 Å². The standard InChI is InChI=1S/C22H28N2O3S/c1-24(2)28(26,27)21-11-7-6-10-20(21)16-23-22(25)19-14-12-18(13-15-19)17-8-4-3-5-9-17/h6-7,10-15,17H,3-5,8-9,16H2,1-2H3,(H,23,25). The molecule has 0 radical (unpaired) electrons. The van der Waals surface area contributed by atoms with Gasteiger partial charge in [0.1, 0.15) is 0 Å². The van der Waals surface area contributed by atoms with Gasteiger partial charge in [0.15, 0.2) is 0 Å². The second-order valence-electron chi connectivity index (χ2n) is 7.53. The van der Waals surface area contributed by atoms with E-state index >= 15 is 0 Å². The molecule has 2 aromatic carbocycles. The normalized spacial score (nSPS) is 15.5. The third kappa shape index (κ3) is 4.62. The minimum absolute atomic E-state index is 0.159. The molecule has 150 valence electrons. The fraction of sp³-hybridized carbons (Fsp3) is 0.409. The Morgan fingerprint density at radius 2 is 1.64 bits per heavy atom. The van der Waals surface area contributed by atoms with Gasteiger partial charge in [0, 0.05) is 26.2 Å². The Kier molecular flexibility index (Phi) is 6.52. The number of benzene rings is 2. The van der Waals surface area contributed by atoms with E-state index in [-0.39, 0.29) is 17.3 Å². The number of carbonyl (C=O) groups excluding carboxylic acids is 1. The lowest BCUT2D eigenvalue weighted by atomic mass is 9.84. The highest BCUT2D eigenvalue weighted by Crippen LogP contribution is 2.32. The quantitative estimate of drug-likeness (QED) is 0.799. The van der Waals surface area contributed by atoms with Crippen LogP contribution in [-0.2, 0) is 16.6 Å². The van der Waals surface area contributed by atoms with Crippen LogP contribution in [0.15, 0.2) is 53.4 Å². The molecule has 0 heterocycles. The van der Waals surface area contributed by atoms with Crippen LogP contribution >= 0.6 is 0 Å². The second kappa shape index (κ2) is 8.88. The highest BCUT2D eigenvalue weighted by atomic mass is 32.2. The van der Waals surface area contributed by atoms with Crippen LogP contribution in [0.4, 0.5) is 0 Å². The predicted molar refractivity (Wildman–Crippen MR) is 111 cm³/mol. The molecule has 0 bridgehead atoms. The summed E-state index contributed by atoms with van der Waals surface area (Å²) >= 11 is 0. The van der Waals surface area contributed by atoms with E-state index in [0.717, 1.165) is 0 Å². The Bertz CT molecular complexity index is 915. The first-order valence-electron chi connectivity index (χ1n) is 9.78. The van der Waals surface area contributed by atoms with Gasteiger partial charge in [-0.1, -0.05) is 49.6 Å². The van der Waals surface area contributed by atoms with Gasteiger partial charge < -0.3 is 5.32 Å². The molecule has 0 spiro atoms. The van der Waals surface area contributed by atoms with Crippen LogP contribution in [-0.4, -0.2) is 32.7 Å². The summed E-state index contributed by atoms with van der Waals surface area (Å²) in [4.78, 5) is 12.7. The van der Waals surface area contributed by atoms with E-state index in [4.69, 9.17) is 0 Å². The van der Waals surface area contributed by atoms with Gasteiger partial charge in [-0.3, -0.25) is 4.79 Å². The Morgan fingerprint density at radius 1 is 1.00 bits per heavy atom. The minimum Gasteiger partial charge on any atom is -0.348 e. The number of rotatable bonds is 6. The fourth-order valence-corrected chi connectivity index (χ4v) is 4.83. The Balaban J connectivity index is 1.68. The van der Waals surface area contributed by atoms with E-state index in [1.54, 1.807) is 24.3 Å². The second-order valence-corrected chi connectivity index (χ2v) is 9.66. The van der Waals surface area contributed by atoms with E-state index < -0.39 is 10.0 Å². The maximum atomic E-state index is 12.5. The van der Waals surface area contributed by atoms with Gasteiger partial charge >= 0.3 is 0 Å². The number of nitrogens with zero attached hydrogens (tertiary/aromatic N) is 1. The summed E-state index contributed by atoms with van der Waals surface area (Å²) in [6.07, 6.45) is 6.33. The van der Waals surface area contributed by atoms with Crippen molar-refractivity contribution in [1.29, 1.82) is 0 Å². The Hall–Kier alpha value is -2.18. The SMILES string of the molecule is CN(C)S(=O)(=O)c1ccccc1CNC(=O)c1ccc(C2CCCCC2)cc1. The summed E-state index contributed by atoms with van der Waals surface area (Å²) in [6.45, 7) is 0.159. The lowest BCUT2D eigenvalue weighted by Crippen LogP contribution is -2.27. The average Bonchev–Trinajstić information content (AvgIpc) is 2.73. The smallest absolute Gasteiger partial charge is 0.251 e. The van der Waals surface area contributed by atoms with Crippen molar-refractivity contribution in [3.05, 3.63) is 65.2 Å². The molecule has 6 heteroatoms. The number of nitrogens with one attached hydrogen (secondary N) is 1. The molecule has 0 atom stereocenters. The molecular weight excluding hydrogens is 372 g/mol. The van der Waals surface area contributed by atoms with Crippen molar-refractivity contribution in [2.24, 2.45) is 0 Å². The maximum absolute atomic E-state index is 12.5. The van der Waals surface area contributed by atoms with Gasteiger partial charge in [-0.05, 0) is 48.1 Å². The Labute approximate surface area is 167 Å². The molecule has 1 N–H and O–H groups in total. The zero-order valence-corrected chi connectivity index (χ0v) is 17.3. The van der Waals surface area contributed by atoms with Gasteiger partial charge in [-0.2, -0.15) is 0 Å². The molecule has 1 fully saturated rings. The first-order chi connectivity index (χ1) is 13.4. The van der Waals surface area contributed by atoms with E-state index in [2.05, 4.69) is 17.4 Å². The minimum atomic E-state index is -3.56. The van der Waals surface area contributed by atoms with Gasteiger partial charge in [0.2, 0.25) is 10.0 Å². The van der Waals surface area contributed by atoms with E-state index in [9.17, 15) is 13.2 Å². The monoisotopic (exact) mass is 400 g/mol. The van der Waals surface area contributed by atoms with Crippen LogP contribution in [0.3, 0.4) is 0 Å². The fourth-order valence-electron chi connectivity index (χ4n) is 3.72. The molecule has 1 amide bonds. The van der Waals surface area contributed by atoms with E-state index in [1.807, 2.05) is 12.1 Å². The van der Waals surface area contributed by atoms with Crippen LogP contribution < -0.4 is 5.32 Å². The zero-order valence-electron chi connectivity index (χ0n) is 16.5. The van der Waals surface area contributed by atoms with Gasteiger partial charge in [-0.15, -0.1) is 0 Å². The zero-order chi connectivity index (χ0) is 20.1. The van der Waals surface area contributed by atoms with Gasteiger partial charge in [0.05, 0.1) is 4.90 Å².